The van der Waals surface area contributed by atoms with Crippen LogP contribution in [0.15, 0.2) is 24.3 Å². The van der Waals surface area contributed by atoms with Gasteiger partial charge in [-0.3, -0.25) is 9.59 Å². The number of hydrogen-bond donors (Lipinski definition) is 0. The van der Waals surface area contributed by atoms with E-state index in [-0.39, 0.29) is 18.3 Å². The maximum atomic E-state index is 12.3. The lowest BCUT2D eigenvalue weighted by Crippen LogP contribution is -2.39. The lowest BCUT2D eigenvalue weighted by Gasteiger charge is -2.27. The Morgan fingerprint density at radius 2 is 1.86 bits per heavy atom. The highest BCUT2D eigenvalue weighted by atomic mass is 16.5. The zero-order valence-corrected chi connectivity index (χ0v) is 13.5. The number of nitrogens with zero attached hydrogens (tertiary/aromatic N) is 1. The van der Waals surface area contributed by atoms with Gasteiger partial charge < -0.3 is 9.64 Å². The highest BCUT2D eigenvalue weighted by Crippen LogP contribution is 2.21. The van der Waals surface area contributed by atoms with E-state index < -0.39 is 0 Å². The molecule has 22 heavy (non-hydrogen) atoms. The lowest BCUT2D eigenvalue weighted by molar-refractivity contribution is -0.134. The second kappa shape index (κ2) is 7.97. The topological polar surface area (TPSA) is 46.6 Å². The number of ketones is 1. The number of carbonyl (C=O) groups excluding carboxylic acids is 2. The second-order valence-electron chi connectivity index (χ2n) is 6.02. The normalized spacial score (nSPS) is 15.9. The molecular weight excluding hydrogens is 278 g/mol. The predicted octanol–water partition coefficient (Wildman–Crippen LogP) is 3.45. The average Bonchev–Trinajstić information content (AvgIpc) is 2.81. The Kier molecular flexibility index (Phi) is 5.99. The summed E-state index contributed by atoms with van der Waals surface area (Å²) in [5.41, 5.74) is 0.599. The molecule has 1 aliphatic carbocycles. The summed E-state index contributed by atoms with van der Waals surface area (Å²) >= 11 is 0. The van der Waals surface area contributed by atoms with Crippen LogP contribution in [0, 0.1) is 0 Å². The van der Waals surface area contributed by atoms with Gasteiger partial charge in [0, 0.05) is 18.7 Å². The largest absolute Gasteiger partial charge is 0.484 e. The van der Waals surface area contributed by atoms with Crippen molar-refractivity contribution in [2.45, 2.75) is 51.5 Å². The Hall–Kier alpha value is -1.84. The minimum Gasteiger partial charge on any atom is -0.484 e. The summed E-state index contributed by atoms with van der Waals surface area (Å²) in [6, 6.07) is 7.30. The first-order valence-electron chi connectivity index (χ1n) is 8.07. The van der Waals surface area contributed by atoms with E-state index in [0.29, 0.717) is 17.4 Å². The molecule has 0 heterocycles. The quantitative estimate of drug-likeness (QED) is 0.618. The third-order valence-electron chi connectivity index (χ3n) is 4.37. The zero-order chi connectivity index (χ0) is 15.9. The molecule has 1 saturated carbocycles. The summed E-state index contributed by atoms with van der Waals surface area (Å²) in [4.78, 5) is 25.5. The van der Waals surface area contributed by atoms with Crippen LogP contribution in [0.25, 0.3) is 0 Å². The van der Waals surface area contributed by atoms with Crippen LogP contribution in [0.1, 0.15) is 55.8 Å². The SMILES string of the molecule is CC(=O)c1cccc(OCC(=O)N(C)C2CCCCCC2)c1. The van der Waals surface area contributed by atoms with Crippen LogP contribution in [-0.2, 0) is 4.79 Å². The van der Waals surface area contributed by atoms with Gasteiger partial charge in [0.1, 0.15) is 5.75 Å². The van der Waals surface area contributed by atoms with Gasteiger partial charge in [0.15, 0.2) is 12.4 Å². The van der Waals surface area contributed by atoms with Gasteiger partial charge >= 0.3 is 0 Å². The molecule has 1 fully saturated rings. The highest BCUT2D eigenvalue weighted by molar-refractivity contribution is 5.94. The fraction of sp³-hybridized carbons (Fsp3) is 0.556. The molecule has 1 amide bonds. The first-order chi connectivity index (χ1) is 10.6. The Labute approximate surface area is 132 Å². The molecule has 0 aromatic heterocycles. The Balaban J connectivity index is 1.88. The summed E-state index contributed by atoms with van der Waals surface area (Å²) < 4.78 is 5.56. The predicted molar refractivity (Wildman–Crippen MR) is 86.2 cm³/mol. The van der Waals surface area contributed by atoms with Crippen molar-refractivity contribution < 1.29 is 14.3 Å². The van der Waals surface area contributed by atoms with Crippen molar-refractivity contribution in [1.82, 2.24) is 4.90 Å². The first kappa shape index (κ1) is 16.5. The number of likely N-dealkylation sites (N-methyl/N-ethyl adjacent to an activating group) is 1. The summed E-state index contributed by atoms with van der Waals surface area (Å²) in [5.74, 6) is 0.558. The number of ether oxygens (including phenoxy) is 1. The van der Waals surface area contributed by atoms with Gasteiger partial charge in [-0.05, 0) is 31.9 Å². The molecule has 4 nitrogen and oxygen atoms in total. The van der Waals surface area contributed by atoms with Gasteiger partial charge in [-0.25, -0.2) is 0 Å². The van der Waals surface area contributed by atoms with Crippen molar-refractivity contribution in [2.24, 2.45) is 0 Å². The van der Waals surface area contributed by atoms with Gasteiger partial charge in [-0.15, -0.1) is 0 Å². The Morgan fingerprint density at radius 3 is 2.50 bits per heavy atom. The zero-order valence-electron chi connectivity index (χ0n) is 13.5. The van der Waals surface area contributed by atoms with E-state index >= 15 is 0 Å². The molecule has 0 aliphatic heterocycles. The van der Waals surface area contributed by atoms with Crippen molar-refractivity contribution in [3.8, 4) is 5.75 Å². The molecule has 0 saturated heterocycles. The minimum atomic E-state index is -0.00708. The van der Waals surface area contributed by atoms with Gasteiger partial charge in [0.05, 0.1) is 0 Å². The fourth-order valence-corrected chi connectivity index (χ4v) is 2.90. The summed E-state index contributed by atoms with van der Waals surface area (Å²) in [6.07, 6.45) is 7.11. The Morgan fingerprint density at radius 1 is 1.18 bits per heavy atom. The summed E-state index contributed by atoms with van der Waals surface area (Å²) in [7, 11) is 1.87. The maximum Gasteiger partial charge on any atom is 0.260 e. The van der Waals surface area contributed by atoms with Crippen LogP contribution in [0.4, 0.5) is 0 Å². The van der Waals surface area contributed by atoms with Crippen LogP contribution in [-0.4, -0.2) is 36.3 Å². The number of hydrogen-bond acceptors (Lipinski definition) is 3. The van der Waals surface area contributed by atoms with E-state index in [1.54, 1.807) is 24.3 Å². The minimum absolute atomic E-state index is 0.000119. The van der Waals surface area contributed by atoms with Crippen LogP contribution in [0.5, 0.6) is 5.75 Å². The molecule has 0 spiro atoms. The van der Waals surface area contributed by atoms with Gasteiger partial charge in [0.25, 0.3) is 5.91 Å². The lowest BCUT2D eigenvalue weighted by atomic mass is 10.1. The van der Waals surface area contributed by atoms with E-state index in [2.05, 4.69) is 0 Å². The van der Waals surface area contributed by atoms with Crippen LogP contribution < -0.4 is 4.74 Å². The van der Waals surface area contributed by atoms with Crippen molar-refractivity contribution in [3.05, 3.63) is 29.8 Å². The Bertz CT molecular complexity index is 519. The third kappa shape index (κ3) is 4.58. The molecule has 1 aromatic carbocycles. The van der Waals surface area contributed by atoms with E-state index in [0.717, 1.165) is 12.8 Å². The van der Waals surface area contributed by atoms with Crippen LogP contribution in [0.2, 0.25) is 0 Å². The standard InChI is InChI=1S/C18H25NO3/c1-14(20)15-8-7-11-17(12-15)22-13-18(21)19(2)16-9-5-3-4-6-10-16/h7-8,11-12,16H,3-6,9-10,13H2,1-2H3. The molecule has 1 aromatic rings. The molecule has 0 bridgehead atoms. The van der Waals surface area contributed by atoms with Crippen molar-refractivity contribution in [2.75, 3.05) is 13.7 Å². The molecule has 0 N–H and O–H groups in total. The molecule has 2 rings (SSSR count). The fourth-order valence-electron chi connectivity index (χ4n) is 2.90. The van der Waals surface area contributed by atoms with E-state index in [1.165, 1.54) is 32.6 Å². The molecule has 4 heteroatoms. The maximum absolute atomic E-state index is 12.3. The smallest absolute Gasteiger partial charge is 0.260 e. The van der Waals surface area contributed by atoms with Crippen molar-refractivity contribution in [3.63, 3.8) is 0 Å². The van der Waals surface area contributed by atoms with E-state index in [1.807, 2.05) is 11.9 Å². The monoisotopic (exact) mass is 303 g/mol. The molecule has 120 valence electrons. The van der Waals surface area contributed by atoms with Gasteiger partial charge in [-0.1, -0.05) is 37.8 Å². The summed E-state index contributed by atoms with van der Waals surface area (Å²) in [5, 5.41) is 0. The van der Waals surface area contributed by atoms with E-state index in [9.17, 15) is 9.59 Å². The number of Topliss-reactive ketones (excluding diaryl/α,β-unsaturated/α-hetero) is 1. The van der Waals surface area contributed by atoms with Crippen LogP contribution in [0.3, 0.4) is 0 Å². The molecule has 0 unspecified atom stereocenters. The van der Waals surface area contributed by atoms with Crippen molar-refractivity contribution in [1.29, 1.82) is 0 Å². The molecule has 0 atom stereocenters. The first-order valence-corrected chi connectivity index (χ1v) is 8.07. The average molecular weight is 303 g/mol. The number of amides is 1. The van der Waals surface area contributed by atoms with Crippen molar-refractivity contribution >= 4 is 11.7 Å². The number of benzene rings is 1. The van der Waals surface area contributed by atoms with Gasteiger partial charge in [0.2, 0.25) is 0 Å². The second-order valence-corrected chi connectivity index (χ2v) is 6.02. The van der Waals surface area contributed by atoms with Gasteiger partial charge in [-0.2, -0.15) is 0 Å². The molecule has 0 radical (unpaired) electrons. The number of rotatable bonds is 5. The number of carbonyl (C=O) groups is 2. The molecular formula is C18H25NO3. The summed E-state index contributed by atoms with van der Waals surface area (Å²) in [6.45, 7) is 1.54. The third-order valence-corrected chi connectivity index (χ3v) is 4.37. The van der Waals surface area contributed by atoms with E-state index in [4.69, 9.17) is 4.74 Å². The van der Waals surface area contributed by atoms with Crippen LogP contribution >= 0.6 is 0 Å². The highest BCUT2D eigenvalue weighted by Gasteiger charge is 2.21. The molecule has 1 aliphatic rings.